The largest absolute Gasteiger partial charge is 0.361 e. The summed E-state index contributed by atoms with van der Waals surface area (Å²) in [6.07, 6.45) is 9.08. The number of hydrogen-bond acceptors (Lipinski definition) is 2. The maximum absolute atomic E-state index is 10.8. The lowest BCUT2D eigenvalue weighted by molar-refractivity contribution is -0.134. The molecule has 0 unspecified atom stereocenters. The van der Waals surface area contributed by atoms with Crippen LogP contribution in [0.25, 0.3) is 10.9 Å². The highest BCUT2D eigenvalue weighted by atomic mass is 35.5. The summed E-state index contributed by atoms with van der Waals surface area (Å²) in [5, 5.41) is 1.33. The topological polar surface area (TPSA) is 42.1 Å². The number of para-hydroxylation sites is 1. The molecule has 0 aliphatic rings. The van der Waals surface area contributed by atoms with Gasteiger partial charge in [-0.3, -0.25) is 4.79 Å². The lowest BCUT2D eigenvalue weighted by atomic mass is 10.0. The highest BCUT2D eigenvalue weighted by Crippen LogP contribution is 2.20. The predicted octanol–water partition coefficient (Wildman–Crippen LogP) is 4.75. The number of aryl methyl sites for hydroxylation is 1. The molecule has 1 aromatic heterocycles. The monoisotopic (exact) mass is 293 g/mol. The van der Waals surface area contributed by atoms with E-state index in [1.807, 2.05) is 0 Å². The van der Waals surface area contributed by atoms with Crippen molar-refractivity contribution >= 4 is 28.7 Å². The summed E-state index contributed by atoms with van der Waals surface area (Å²) in [4.78, 5) is 14.1. The second-order valence-electron chi connectivity index (χ2n) is 5.08. The van der Waals surface area contributed by atoms with E-state index in [2.05, 4.69) is 39.7 Å². The zero-order chi connectivity index (χ0) is 14.2. The van der Waals surface area contributed by atoms with Gasteiger partial charge in [-0.25, -0.2) is 0 Å². The fourth-order valence-electron chi connectivity index (χ4n) is 2.49. The number of halogens is 1. The van der Waals surface area contributed by atoms with Crippen LogP contribution in [-0.2, 0) is 15.5 Å². The summed E-state index contributed by atoms with van der Waals surface area (Å²) in [5.41, 5.74) is 2.61. The number of aromatic nitrogens is 1. The molecule has 0 saturated carbocycles. The van der Waals surface area contributed by atoms with E-state index in [4.69, 9.17) is 11.9 Å². The van der Waals surface area contributed by atoms with Gasteiger partial charge in [-0.15, -0.1) is 0 Å². The second kappa shape index (κ2) is 7.95. The minimum atomic E-state index is -0.328. The number of nitrogens with one attached hydrogen (secondary N) is 1. The highest BCUT2D eigenvalue weighted by molar-refractivity contribution is 6.13. The molecule has 2 rings (SSSR count). The van der Waals surface area contributed by atoms with E-state index < -0.39 is 0 Å². The Morgan fingerprint density at radius 3 is 2.70 bits per heavy atom. The summed E-state index contributed by atoms with van der Waals surface area (Å²) in [6.45, 7) is 0. The summed E-state index contributed by atoms with van der Waals surface area (Å²) >= 11 is 4.97. The number of carbonyl (C=O) groups excluding carboxylic acids is 1. The quantitative estimate of drug-likeness (QED) is 0.714. The van der Waals surface area contributed by atoms with Gasteiger partial charge >= 0.3 is 5.97 Å². The molecule has 0 aliphatic carbocycles. The normalized spacial score (nSPS) is 10.8. The van der Waals surface area contributed by atoms with Crippen molar-refractivity contribution in [1.29, 1.82) is 0 Å². The van der Waals surface area contributed by atoms with E-state index in [9.17, 15) is 4.79 Å². The Kier molecular flexibility index (Phi) is 5.93. The van der Waals surface area contributed by atoms with Crippen LogP contribution < -0.4 is 0 Å². The number of rotatable bonds is 8. The molecular formula is C16H20ClNO2. The number of fused-ring (bicyclic) bond motifs is 1. The second-order valence-corrected chi connectivity index (χ2v) is 5.23. The van der Waals surface area contributed by atoms with Gasteiger partial charge in [-0.2, -0.15) is 0 Å². The van der Waals surface area contributed by atoms with Gasteiger partial charge in [0.15, 0.2) is 0 Å². The van der Waals surface area contributed by atoms with Crippen LogP contribution in [0.2, 0.25) is 0 Å². The van der Waals surface area contributed by atoms with Gasteiger partial charge < -0.3 is 9.27 Å². The third-order valence-electron chi connectivity index (χ3n) is 3.59. The van der Waals surface area contributed by atoms with Gasteiger partial charge in [0.05, 0.1) is 0 Å². The Bertz CT molecular complexity index is 550. The SMILES string of the molecule is O=C(CCCCCCCc1c[nH]c2ccccc12)OCl. The molecule has 0 atom stereocenters. The lowest BCUT2D eigenvalue weighted by Crippen LogP contribution is -1.95. The zero-order valence-electron chi connectivity index (χ0n) is 11.5. The van der Waals surface area contributed by atoms with Crippen molar-refractivity contribution < 1.29 is 9.08 Å². The zero-order valence-corrected chi connectivity index (χ0v) is 12.3. The molecule has 1 heterocycles. The van der Waals surface area contributed by atoms with Crippen molar-refractivity contribution in [3.05, 3.63) is 36.0 Å². The molecule has 0 bridgehead atoms. The number of aromatic amines is 1. The fraction of sp³-hybridized carbons (Fsp3) is 0.438. The Morgan fingerprint density at radius 1 is 1.10 bits per heavy atom. The number of hydrogen-bond donors (Lipinski definition) is 1. The average molecular weight is 294 g/mol. The molecule has 0 saturated heterocycles. The smallest absolute Gasteiger partial charge is 0.324 e. The van der Waals surface area contributed by atoms with Crippen LogP contribution in [0.5, 0.6) is 0 Å². The first-order valence-corrected chi connectivity index (χ1v) is 7.48. The van der Waals surface area contributed by atoms with Crippen molar-refractivity contribution in [3.63, 3.8) is 0 Å². The standard InChI is InChI=1S/C16H20ClNO2/c17-20-16(19)11-5-3-1-2-4-8-13-12-18-15-10-7-6-9-14(13)15/h6-7,9-10,12,18H,1-5,8,11H2. The van der Waals surface area contributed by atoms with Crippen LogP contribution in [0.1, 0.15) is 44.1 Å². The first kappa shape index (κ1) is 14.9. The Hall–Kier alpha value is -1.48. The summed E-state index contributed by atoms with van der Waals surface area (Å²) < 4.78 is 4.10. The molecule has 3 nitrogen and oxygen atoms in total. The fourth-order valence-corrected chi connectivity index (χ4v) is 2.57. The van der Waals surface area contributed by atoms with Crippen molar-refractivity contribution in [3.8, 4) is 0 Å². The maximum Gasteiger partial charge on any atom is 0.324 e. The van der Waals surface area contributed by atoms with Gasteiger partial charge in [0.2, 0.25) is 0 Å². The van der Waals surface area contributed by atoms with E-state index in [1.165, 1.54) is 29.3 Å². The molecule has 1 aromatic carbocycles. The molecule has 2 aromatic rings. The number of unbranched alkanes of at least 4 members (excludes halogenated alkanes) is 4. The van der Waals surface area contributed by atoms with Crippen LogP contribution in [0.15, 0.2) is 30.5 Å². The predicted molar refractivity (Wildman–Crippen MR) is 81.6 cm³/mol. The highest BCUT2D eigenvalue weighted by Gasteiger charge is 2.03. The van der Waals surface area contributed by atoms with E-state index >= 15 is 0 Å². The minimum Gasteiger partial charge on any atom is -0.361 e. The molecule has 0 amide bonds. The van der Waals surface area contributed by atoms with Crippen LogP contribution in [0.4, 0.5) is 0 Å². The van der Waals surface area contributed by atoms with Gasteiger partial charge in [-0.05, 0) is 30.9 Å². The van der Waals surface area contributed by atoms with E-state index in [-0.39, 0.29) is 5.97 Å². The van der Waals surface area contributed by atoms with Crippen LogP contribution in [0.3, 0.4) is 0 Å². The number of benzene rings is 1. The van der Waals surface area contributed by atoms with Crippen molar-refractivity contribution in [2.45, 2.75) is 44.9 Å². The Labute approximate surface area is 124 Å². The molecule has 0 spiro atoms. The van der Waals surface area contributed by atoms with E-state index in [0.717, 1.165) is 25.7 Å². The van der Waals surface area contributed by atoms with Crippen molar-refractivity contribution in [2.75, 3.05) is 0 Å². The molecular weight excluding hydrogens is 274 g/mol. The lowest BCUT2D eigenvalue weighted by Gasteiger charge is -2.01. The van der Waals surface area contributed by atoms with Crippen LogP contribution in [-0.4, -0.2) is 11.0 Å². The molecule has 1 N–H and O–H groups in total. The first-order chi connectivity index (χ1) is 9.81. The summed E-state index contributed by atoms with van der Waals surface area (Å²) in [6, 6.07) is 8.40. The molecule has 0 aliphatic heterocycles. The van der Waals surface area contributed by atoms with Crippen LogP contribution in [0, 0.1) is 0 Å². The summed E-state index contributed by atoms with van der Waals surface area (Å²) in [7, 11) is 0. The maximum atomic E-state index is 10.8. The molecule has 20 heavy (non-hydrogen) atoms. The first-order valence-electron chi connectivity index (χ1n) is 7.17. The van der Waals surface area contributed by atoms with E-state index in [1.54, 1.807) is 0 Å². The average Bonchev–Trinajstić information content (AvgIpc) is 2.89. The minimum absolute atomic E-state index is 0.328. The number of carbonyl (C=O) groups is 1. The number of H-pyrrole nitrogens is 1. The Balaban J connectivity index is 1.63. The third-order valence-corrected chi connectivity index (χ3v) is 3.76. The Morgan fingerprint density at radius 2 is 1.85 bits per heavy atom. The van der Waals surface area contributed by atoms with E-state index in [0.29, 0.717) is 6.42 Å². The van der Waals surface area contributed by atoms with Gasteiger partial charge in [0.1, 0.15) is 11.9 Å². The molecule has 4 heteroatoms. The summed E-state index contributed by atoms with van der Waals surface area (Å²) in [5.74, 6) is -0.328. The molecule has 0 radical (unpaired) electrons. The van der Waals surface area contributed by atoms with Gasteiger partial charge in [-0.1, -0.05) is 37.5 Å². The van der Waals surface area contributed by atoms with Crippen molar-refractivity contribution in [2.24, 2.45) is 0 Å². The molecule has 0 fully saturated rings. The van der Waals surface area contributed by atoms with Gasteiger partial charge in [0.25, 0.3) is 0 Å². The van der Waals surface area contributed by atoms with Crippen LogP contribution >= 0.6 is 11.9 Å². The van der Waals surface area contributed by atoms with Gasteiger partial charge in [0, 0.05) is 23.5 Å². The third kappa shape index (κ3) is 4.27. The molecule has 108 valence electrons. The van der Waals surface area contributed by atoms with Crippen molar-refractivity contribution in [1.82, 2.24) is 4.98 Å².